The van der Waals surface area contributed by atoms with Crippen molar-refractivity contribution >= 4 is 23.5 Å². The Balaban J connectivity index is 1.48. The van der Waals surface area contributed by atoms with Gasteiger partial charge in [0.05, 0.1) is 19.1 Å². The number of ether oxygens (including phenoxy) is 1. The van der Waals surface area contributed by atoms with Gasteiger partial charge in [-0.2, -0.15) is 0 Å². The molecule has 0 aliphatic heterocycles. The monoisotopic (exact) mass is 359 g/mol. The van der Waals surface area contributed by atoms with E-state index in [1.54, 1.807) is 31.0 Å². The minimum absolute atomic E-state index is 0.850. The molecule has 0 unspecified atom stereocenters. The first kappa shape index (κ1) is 16.3. The smallest absolute Gasteiger partial charge is 0.118 e. The lowest BCUT2D eigenvalue weighted by molar-refractivity contribution is 0.415. The van der Waals surface area contributed by atoms with E-state index in [0.717, 1.165) is 33.3 Å². The molecule has 0 atom stereocenters. The molecular weight excluding hydrogens is 342 g/mol. The zero-order valence-corrected chi connectivity index (χ0v) is 15.1. The molecule has 2 aromatic carbocycles. The van der Waals surface area contributed by atoms with Gasteiger partial charge < -0.3 is 9.30 Å². The van der Waals surface area contributed by atoms with Gasteiger partial charge >= 0.3 is 0 Å². The highest BCUT2D eigenvalue weighted by molar-refractivity contribution is 7.10. The van der Waals surface area contributed by atoms with Crippen molar-refractivity contribution in [3.8, 4) is 22.7 Å². The Hall–Kier alpha value is -3.18. The molecule has 0 bridgehead atoms. The van der Waals surface area contributed by atoms with E-state index in [0.29, 0.717) is 0 Å². The van der Waals surface area contributed by atoms with Crippen LogP contribution in [0.5, 0.6) is 5.75 Å². The van der Waals surface area contributed by atoms with Crippen LogP contribution in [0.3, 0.4) is 0 Å². The van der Waals surface area contributed by atoms with Gasteiger partial charge in [-0.1, -0.05) is 18.2 Å². The van der Waals surface area contributed by atoms with E-state index in [4.69, 9.17) is 4.74 Å². The number of thiazole rings is 1. The fourth-order valence-corrected chi connectivity index (χ4v) is 3.31. The molecule has 4 rings (SSSR count). The third kappa shape index (κ3) is 3.58. The van der Waals surface area contributed by atoms with Crippen LogP contribution in [0.2, 0.25) is 0 Å². The minimum Gasteiger partial charge on any atom is -0.497 e. The third-order valence-corrected chi connectivity index (χ3v) is 4.83. The standard InChI is InChI=1S/C21H17N3OS/c1-25-19-9-5-17(6-10-19)20-14-26-21(23-20)11-4-16-2-7-18(8-3-16)24-13-12-22-15-24/h2-15H,1H3/b11-4+. The second-order valence-electron chi connectivity index (χ2n) is 5.69. The molecule has 0 spiro atoms. The lowest BCUT2D eigenvalue weighted by Gasteiger charge is -2.01. The largest absolute Gasteiger partial charge is 0.497 e. The molecule has 0 saturated heterocycles. The van der Waals surface area contributed by atoms with Crippen LogP contribution in [0.4, 0.5) is 0 Å². The Morgan fingerprint density at radius 1 is 1.00 bits per heavy atom. The molecular formula is C21H17N3OS. The van der Waals surface area contributed by atoms with Crippen LogP contribution >= 0.6 is 11.3 Å². The maximum atomic E-state index is 5.20. The molecule has 128 valence electrons. The molecule has 0 fully saturated rings. The number of hydrogen-bond acceptors (Lipinski definition) is 4. The number of imidazole rings is 1. The second kappa shape index (κ2) is 7.37. The molecule has 0 aliphatic rings. The Morgan fingerprint density at radius 3 is 2.50 bits per heavy atom. The van der Waals surface area contributed by atoms with Crippen molar-refractivity contribution < 1.29 is 4.74 Å². The lowest BCUT2D eigenvalue weighted by atomic mass is 10.2. The SMILES string of the molecule is COc1ccc(-c2csc(/C=C/c3ccc(-n4ccnc4)cc3)n2)cc1. The van der Waals surface area contributed by atoms with Crippen LogP contribution in [0.25, 0.3) is 29.1 Å². The molecule has 0 saturated carbocycles. The summed E-state index contributed by atoms with van der Waals surface area (Å²) in [6, 6.07) is 16.3. The second-order valence-corrected chi connectivity index (χ2v) is 6.58. The van der Waals surface area contributed by atoms with E-state index in [2.05, 4.69) is 45.7 Å². The van der Waals surface area contributed by atoms with Gasteiger partial charge in [-0.05, 0) is 48.0 Å². The van der Waals surface area contributed by atoms with Crippen LogP contribution in [0.15, 0.2) is 72.6 Å². The molecule has 4 aromatic rings. The summed E-state index contributed by atoms with van der Waals surface area (Å²) in [5, 5.41) is 3.05. The summed E-state index contributed by atoms with van der Waals surface area (Å²) in [5.74, 6) is 0.850. The Morgan fingerprint density at radius 2 is 1.81 bits per heavy atom. The van der Waals surface area contributed by atoms with Gasteiger partial charge in [0.15, 0.2) is 0 Å². The first-order valence-corrected chi connectivity index (χ1v) is 9.06. The summed E-state index contributed by atoms with van der Waals surface area (Å²) in [6.07, 6.45) is 9.62. The van der Waals surface area contributed by atoms with Crippen molar-refractivity contribution in [3.05, 3.63) is 83.2 Å². The molecule has 0 N–H and O–H groups in total. The van der Waals surface area contributed by atoms with Gasteiger partial charge in [-0.15, -0.1) is 11.3 Å². The van der Waals surface area contributed by atoms with Gasteiger partial charge in [0, 0.05) is 29.0 Å². The predicted molar refractivity (Wildman–Crippen MR) is 107 cm³/mol. The van der Waals surface area contributed by atoms with Crippen LogP contribution in [0, 0.1) is 0 Å². The minimum atomic E-state index is 0.850. The Bertz CT molecular complexity index is 1000. The molecule has 0 aliphatic carbocycles. The fraction of sp³-hybridized carbons (Fsp3) is 0.0476. The van der Waals surface area contributed by atoms with Crippen molar-refractivity contribution in [1.82, 2.24) is 14.5 Å². The highest BCUT2D eigenvalue weighted by Crippen LogP contribution is 2.25. The number of benzene rings is 2. The van der Waals surface area contributed by atoms with E-state index >= 15 is 0 Å². The van der Waals surface area contributed by atoms with Crippen molar-refractivity contribution in [2.24, 2.45) is 0 Å². The highest BCUT2D eigenvalue weighted by atomic mass is 32.1. The van der Waals surface area contributed by atoms with Crippen LogP contribution in [-0.2, 0) is 0 Å². The van der Waals surface area contributed by atoms with Crippen LogP contribution < -0.4 is 4.74 Å². The summed E-state index contributed by atoms with van der Waals surface area (Å²) in [6.45, 7) is 0. The Labute approximate surface area is 156 Å². The van der Waals surface area contributed by atoms with E-state index in [1.165, 1.54) is 0 Å². The average molecular weight is 359 g/mol. The average Bonchev–Trinajstić information content (AvgIpc) is 3.39. The van der Waals surface area contributed by atoms with Gasteiger partial charge in [0.1, 0.15) is 10.8 Å². The molecule has 5 heteroatoms. The molecule has 4 nitrogen and oxygen atoms in total. The third-order valence-electron chi connectivity index (χ3n) is 4.02. The fourth-order valence-electron chi connectivity index (χ4n) is 2.60. The number of hydrogen-bond donors (Lipinski definition) is 0. The van der Waals surface area contributed by atoms with Crippen molar-refractivity contribution in [2.75, 3.05) is 7.11 Å². The first-order valence-electron chi connectivity index (χ1n) is 8.18. The van der Waals surface area contributed by atoms with Gasteiger partial charge in [0.25, 0.3) is 0 Å². The molecule has 2 heterocycles. The van der Waals surface area contributed by atoms with E-state index in [1.807, 2.05) is 41.1 Å². The molecule has 26 heavy (non-hydrogen) atoms. The maximum absolute atomic E-state index is 5.20. The number of methoxy groups -OCH3 is 1. The van der Waals surface area contributed by atoms with Crippen LogP contribution in [-0.4, -0.2) is 21.6 Å². The topological polar surface area (TPSA) is 39.9 Å². The number of nitrogens with zero attached hydrogens (tertiary/aromatic N) is 3. The maximum Gasteiger partial charge on any atom is 0.118 e. The normalized spacial score (nSPS) is 11.1. The van der Waals surface area contributed by atoms with Crippen molar-refractivity contribution in [2.45, 2.75) is 0 Å². The van der Waals surface area contributed by atoms with E-state index in [-0.39, 0.29) is 0 Å². The summed E-state index contributed by atoms with van der Waals surface area (Å²) >= 11 is 1.63. The number of aromatic nitrogens is 3. The van der Waals surface area contributed by atoms with Gasteiger partial charge in [-0.3, -0.25) is 0 Å². The number of rotatable bonds is 5. The van der Waals surface area contributed by atoms with Crippen molar-refractivity contribution in [3.63, 3.8) is 0 Å². The predicted octanol–water partition coefficient (Wildman–Crippen LogP) is 5.17. The zero-order chi connectivity index (χ0) is 17.8. The summed E-state index contributed by atoms with van der Waals surface area (Å²) < 4.78 is 7.18. The summed E-state index contributed by atoms with van der Waals surface area (Å²) in [4.78, 5) is 8.76. The van der Waals surface area contributed by atoms with Crippen molar-refractivity contribution in [1.29, 1.82) is 0 Å². The summed E-state index contributed by atoms with van der Waals surface area (Å²) in [5.41, 5.74) is 4.30. The zero-order valence-electron chi connectivity index (χ0n) is 14.2. The quantitative estimate of drug-likeness (QED) is 0.493. The van der Waals surface area contributed by atoms with Gasteiger partial charge in [-0.25, -0.2) is 9.97 Å². The highest BCUT2D eigenvalue weighted by Gasteiger charge is 2.03. The summed E-state index contributed by atoms with van der Waals surface area (Å²) in [7, 11) is 1.67. The first-order chi connectivity index (χ1) is 12.8. The molecule has 0 amide bonds. The lowest BCUT2D eigenvalue weighted by Crippen LogP contribution is -1.88. The van der Waals surface area contributed by atoms with E-state index < -0.39 is 0 Å². The van der Waals surface area contributed by atoms with Gasteiger partial charge in [0.2, 0.25) is 0 Å². The Kier molecular flexibility index (Phi) is 4.62. The molecule has 2 aromatic heterocycles. The molecule has 0 radical (unpaired) electrons. The van der Waals surface area contributed by atoms with Crippen LogP contribution in [0.1, 0.15) is 10.6 Å². The van der Waals surface area contributed by atoms with E-state index in [9.17, 15) is 0 Å².